The Kier molecular flexibility index (Phi) is 4.99. The van der Waals surface area contributed by atoms with Gasteiger partial charge in [-0.1, -0.05) is 12.1 Å². The Morgan fingerprint density at radius 2 is 1.90 bits per heavy atom. The zero-order chi connectivity index (χ0) is 15.4. The third kappa shape index (κ3) is 3.84. The number of carbonyl (C=O) groups excluding carboxylic acids is 2. The van der Waals surface area contributed by atoms with Crippen LogP contribution in [-0.2, 0) is 4.79 Å². The molecule has 1 aliphatic heterocycles. The smallest absolute Gasteiger partial charge is 0.242 e. The van der Waals surface area contributed by atoms with Gasteiger partial charge < -0.3 is 10.2 Å². The highest BCUT2D eigenvalue weighted by Gasteiger charge is 2.28. The summed E-state index contributed by atoms with van der Waals surface area (Å²) in [4.78, 5) is 25.8. The van der Waals surface area contributed by atoms with E-state index in [1.165, 1.54) is 6.42 Å². The van der Waals surface area contributed by atoms with Crippen molar-refractivity contribution in [1.29, 1.82) is 0 Å². The highest BCUT2D eigenvalue weighted by Crippen LogP contribution is 2.22. The van der Waals surface area contributed by atoms with Crippen LogP contribution >= 0.6 is 0 Å². The second-order valence-electron chi connectivity index (χ2n) is 5.92. The first kappa shape index (κ1) is 15.5. The lowest BCUT2D eigenvalue weighted by Crippen LogP contribution is -2.49. The Morgan fingerprint density at radius 3 is 2.52 bits per heavy atom. The summed E-state index contributed by atoms with van der Waals surface area (Å²) in [6, 6.07) is 7.90. The molecule has 1 aliphatic rings. The van der Waals surface area contributed by atoms with Gasteiger partial charge in [-0.3, -0.25) is 9.59 Å². The lowest BCUT2D eigenvalue weighted by atomic mass is 9.97. The minimum atomic E-state index is 0.0308. The molecule has 21 heavy (non-hydrogen) atoms. The monoisotopic (exact) mass is 288 g/mol. The van der Waals surface area contributed by atoms with Crippen molar-refractivity contribution < 1.29 is 9.59 Å². The van der Waals surface area contributed by atoms with E-state index in [-0.39, 0.29) is 18.2 Å². The van der Waals surface area contributed by atoms with E-state index in [1.54, 1.807) is 19.1 Å². The van der Waals surface area contributed by atoms with E-state index >= 15 is 0 Å². The van der Waals surface area contributed by atoms with E-state index in [0.717, 1.165) is 18.5 Å². The first-order valence-electron chi connectivity index (χ1n) is 7.65. The summed E-state index contributed by atoms with van der Waals surface area (Å²) in [5.74, 6) is 0.158. The van der Waals surface area contributed by atoms with Crippen LogP contribution < -0.4 is 5.32 Å². The molecule has 0 spiro atoms. The number of benzene rings is 1. The van der Waals surface area contributed by atoms with Crippen molar-refractivity contribution in [3.8, 4) is 0 Å². The van der Waals surface area contributed by atoms with Crippen LogP contribution in [0.3, 0.4) is 0 Å². The van der Waals surface area contributed by atoms with Gasteiger partial charge in [0.15, 0.2) is 5.78 Å². The molecule has 0 saturated carbocycles. The molecular formula is C17H24N2O2. The van der Waals surface area contributed by atoms with Crippen LogP contribution in [0.2, 0.25) is 0 Å². The zero-order valence-corrected chi connectivity index (χ0v) is 13.1. The summed E-state index contributed by atoms with van der Waals surface area (Å²) in [5, 5.41) is 3.13. The summed E-state index contributed by atoms with van der Waals surface area (Å²) in [6.45, 7) is 6.05. The topological polar surface area (TPSA) is 49.4 Å². The molecule has 1 aromatic carbocycles. The number of likely N-dealkylation sites (tertiary alicyclic amines) is 1. The highest BCUT2D eigenvalue weighted by atomic mass is 16.2. The van der Waals surface area contributed by atoms with Crippen LogP contribution in [0.25, 0.3) is 0 Å². The molecule has 0 bridgehead atoms. The van der Waals surface area contributed by atoms with E-state index in [4.69, 9.17) is 0 Å². The molecule has 1 N–H and O–H groups in total. The number of hydrogen-bond donors (Lipinski definition) is 1. The largest absolute Gasteiger partial charge is 0.376 e. The molecule has 4 heteroatoms. The first-order chi connectivity index (χ1) is 9.99. The predicted octanol–water partition coefficient (Wildman–Crippen LogP) is 3.09. The Balaban J connectivity index is 1.97. The number of piperidine rings is 1. The molecule has 0 unspecified atom stereocenters. The average molecular weight is 288 g/mol. The molecule has 1 fully saturated rings. The molecule has 1 saturated heterocycles. The van der Waals surface area contributed by atoms with Gasteiger partial charge in [0.2, 0.25) is 5.91 Å². The Morgan fingerprint density at radius 1 is 1.24 bits per heavy atom. The minimum absolute atomic E-state index is 0.0308. The fourth-order valence-corrected chi connectivity index (χ4v) is 3.03. The van der Waals surface area contributed by atoms with Crippen molar-refractivity contribution in [2.24, 2.45) is 0 Å². The number of anilines is 1. The summed E-state index contributed by atoms with van der Waals surface area (Å²) in [7, 11) is 0. The van der Waals surface area contributed by atoms with E-state index in [0.29, 0.717) is 17.6 Å². The van der Waals surface area contributed by atoms with E-state index < -0.39 is 0 Å². The summed E-state index contributed by atoms with van der Waals surface area (Å²) in [5.41, 5.74) is 1.47. The van der Waals surface area contributed by atoms with Gasteiger partial charge in [0.1, 0.15) is 0 Å². The molecule has 1 heterocycles. The van der Waals surface area contributed by atoms with Crippen LogP contribution in [0.4, 0.5) is 5.69 Å². The maximum absolute atomic E-state index is 12.4. The summed E-state index contributed by atoms with van der Waals surface area (Å²) in [6.07, 6.45) is 3.35. The number of nitrogens with one attached hydrogen (secondary N) is 1. The van der Waals surface area contributed by atoms with Crippen LogP contribution in [-0.4, -0.2) is 35.2 Å². The van der Waals surface area contributed by atoms with Crippen molar-refractivity contribution in [3.63, 3.8) is 0 Å². The lowest BCUT2D eigenvalue weighted by Gasteiger charge is -2.39. The Hall–Kier alpha value is -1.84. The fraction of sp³-hybridized carbons (Fsp3) is 0.529. The molecular weight excluding hydrogens is 264 g/mol. The van der Waals surface area contributed by atoms with Crippen molar-refractivity contribution >= 4 is 17.4 Å². The Labute approximate surface area is 126 Å². The molecule has 1 aromatic rings. The second kappa shape index (κ2) is 6.74. The number of nitrogens with zero attached hydrogens (tertiary/aromatic N) is 1. The van der Waals surface area contributed by atoms with Gasteiger partial charge in [0, 0.05) is 23.3 Å². The molecule has 4 nitrogen and oxygen atoms in total. The number of Topliss-reactive ketones (excluding diaryl/α,β-unsaturated/α-hetero) is 1. The molecule has 2 atom stereocenters. The average Bonchev–Trinajstić information content (AvgIpc) is 2.45. The molecule has 2 rings (SSSR count). The molecule has 0 aromatic heterocycles. The van der Waals surface area contributed by atoms with Crippen LogP contribution in [0.1, 0.15) is 50.4 Å². The summed E-state index contributed by atoms with van der Waals surface area (Å²) >= 11 is 0. The molecule has 114 valence electrons. The first-order valence-corrected chi connectivity index (χ1v) is 7.65. The molecule has 0 radical (unpaired) electrons. The van der Waals surface area contributed by atoms with Gasteiger partial charge in [-0.05, 0) is 52.2 Å². The lowest BCUT2D eigenvalue weighted by molar-refractivity contribution is -0.135. The van der Waals surface area contributed by atoms with Gasteiger partial charge >= 0.3 is 0 Å². The maximum atomic E-state index is 12.4. The van der Waals surface area contributed by atoms with Gasteiger partial charge in [0.05, 0.1) is 6.54 Å². The Bertz CT molecular complexity index is 517. The fourth-order valence-electron chi connectivity index (χ4n) is 3.03. The number of carbonyl (C=O) groups is 2. The van der Waals surface area contributed by atoms with Gasteiger partial charge in [-0.2, -0.15) is 0 Å². The van der Waals surface area contributed by atoms with Crippen molar-refractivity contribution in [2.75, 3.05) is 11.9 Å². The number of hydrogen-bond acceptors (Lipinski definition) is 3. The zero-order valence-electron chi connectivity index (χ0n) is 13.1. The van der Waals surface area contributed by atoms with Crippen LogP contribution in [0, 0.1) is 0 Å². The normalized spacial score (nSPS) is 22.0. The molecule has 0 aliphatic carbocycles. The van der Waals surface area contributed by atoms with E-state index in [9.17, 15) is 9.59 Å². The third-order valence-corrected chi connectivity index (χ3v) is 4.19. The number of ketones is 1. The van der Waals surface area contributed by atoms with Gasteiger partial charge in [-0.25, -0.2) is 0 Å². The maximum Gasteiger partial charge on any atom is 0.242 e. The summed E-state index contributed by atoms with van der Waals surface area (Å²) < 4.78 is 0. The SMILES string of the molecule is CC(=O)c1cccc(NCC(=O)N2[C@@H](C)CCC[C@@H]2C)c1. The predicted molar refractivity (Wildman–Crippen MR) is 84.6 cm³/mol. The van der Waals surface area contributed by atoms with Gasteiger partial charge in [0.25, 0.3) is 0 Å². The quantitative estimate of drug-likeness (QED) is 0.866. The van der Waals surface area contributed by atoms with Crippen LogP contribution in [0.5, 0.6) is 0 Å². The number of amides is 1. The van der Waals surface area contributed by atoms with Crippen molar-refractivity contribution in [1.82, 2.24) is 4.90 Å². The van der Waals surface area contributed by atoms with Crippen molar-refractivity contribution in [3.05, 3.63) is 29.8 Å². The standard InChI is InChI=1S/C17H24N2O2/c1-12-6-4-7-13(2)19(12)17(21)11-18-16-9-5-8-15(10-16)14(3)20/h5,8-10,12-13,18H,4,6-7,11H2,1-3H3/t12-,13-/m0/s1. The second-order valence-corrected chi connectivity index (χ2v) is 5.92. The number of rotatable bonds is 4. The van der Waals surface area contributed by atoms with E-state index in [2.05, 4.69) is 19.2 Å². The van der Waals surface area contributed by atoms with Gasteiger partial charge in [-0.15, -0.1) is 0 Å². The molecule has 1 amide bonds. The van der Waals surface area contributed by atoms with E-state index in [1.807, 2.05) is 17.0 Å². The highest BCUT2D eigenvalue weighted by molar-refractivity contribution is 5.95. The van der Waals surface area contributed by atoms with Crippen LogP contribution in [0.15, 0.2) is 24.3 Å². The minimum Gasteiger partial charge on any atom is -0.376 e. The van der Waals surface area contributed by atoms with Crippen molar-refractivity contribution in [2.45, 2.75) is 52.1 Å². The third-order valence-electron chi connectivity index (χ3n) is 4.19.